The van der Waals surface area contributed by atoms with Crippen LogP contribution in [0, 0.1) is 5.82 Å². The van der Waals surface area contributed by atoms with Crippen molar-refractivity contribution in [1.29, 1.82) is 0 Å². The fraction of sp³-hybridized carbons (Fsp3) is 0.364. The molecular formula is C22H26FN3O3. The Balaban J connectivity index is 1.63. The predicted octanol–water partition coefficient (Wildman–Crippen LogP) is 4.91. The summed E-state index contributed by atoms with van der Waals surface area (Å²) < 4.78 is 29.9. The molecule has 154 valence electrons. The van der Waals surface area contributed by atoms with Crippen molar-refractivity contribution < 1.29 is 18.4 Å². The van der Waals surface area contributed by atoms with Crippen molar-refractivity contribution in [2.75, 3.05) is 13.7 Å². The molecule has 1 unspecified atom stereocenters. The molecule has 29 heavy (non-hydrogen) atoms. The first-order valence-electron chi connectivity index (χ1n) is 9.73. The van der Waals surface area contributed by atoms with Gasteiger partial charge in [0.15, 0.2) is 11.5 Å². The molecule has 1 atom stereocenters. The molecule has 7 heteroatoms. The van der Waals surface area contributed by atoms with E-state index >= 15 is 0 Å². The van der Waals surface area contributed by atoms with E-state index in [2.05, 4.69) is 22.4 Å². The van der Waals surface area contributed by atoms with E-state index in [4.69, 9.17) is 14.0 Å². The molecule has 0 bridgehead atoms. The Hall–Kier alpha value is -2.93. The zero-order valence-corrected chi connectivity index (χ0v) is 16.9. The van der Waals surface area contributed by atoms with Crippen LogP contribution in [0.1, 0.15) is 44.2 Å². The van der Waals surface area contributed by atoms with Gasteiger partial charge in [0.2, 0.25) is 11.7 Å². The molecule has 6 nitrogen and oxygen atoms in total. The Kier molecular flexibility index (Phi) is 7.19. The summed E-state index contributed by atoms with van der Waals surface area (Å²) in [5.41, 5.74) is 1.63. The largest absolute Gasteiger partial charge is 0.493 e. The zero-order chi connectivity index (χ0) is 20.6. The topological polar surface area (TPSA) is 69.4 Å². The first-order chi connectivity index (χ1) is 14.1. The third-order valence-corrected chi connectivity index (χ3v) is 4.49. The van der Waals surface area contributed by atoms with Gasteiger partial charge in [-0.05, 0) is 43.2 Å². The van der Waals surface area contributed by atoms with Gasteiger partial charge < -0.3 is 19.3 Å². The number of hydrogen-bond acceptors (Lipinski definition) is 6. The van der Waals surface area contributed by atoms with Crippen LogP contribution in [0.25, 0.3) is 11.4 Å². The lowest BCUT2D eigenvalue weighted by atomic mass is 10.2. The van der Waals surface area contributed by atoms with Gasteiger partial charge in [0, 0.05) is 12.1 Å². The van der Waals surface area contributed by atoms with E-state index in [1.807, 2.05) is 25.1 Å². The standard InChI is InChI=1S/C22H26FN3O3/c1-4-5-11-28-20-12-16(9-10-19(20)27-3)14-24-15(2)22-25-21(26-29-22)17-7-6-8-18(23)13-17/h6-10,12-13,15,24H,4-5,11,14H2,1-3H3. The highest BCUT2D eigenvalue weighted by Crippen LogP contribution is 2.28. The lowest BCUT2D eigenvalue weighted by molar-refractivity contribution is 0.287. The van der Waals surface area contributed by atoms with Gasteiger partial charge in [-0.1, -0.05) is 36.7 Å². The fourth-order valence-electron chi connectivity index (χ4n) is 2.78. The Morgan fingerprint density at radius 3 is 2.79 bits per heavy atom. The average Bonchev–Trinajstić information content (AvgIpc) is 3.23. The molecule has 0 amide bonds. The van der Waals surface area contributed by atoms with Crippen molar-refractivity contribution in [3.8, 4) is 22.9 Å². The van der Waals surface area contributed by atoms with Crippen molar-refractivity contribution in [3.63, 3.8) is 0 Å². The van der Waals surface area contributed by atoms with Gasteiger partial charge in [-0.25, -0.2) is 4.39 Å². The molecule has 1 aromatic heterocycles. The first kappa shape index (κ1) is 20.8. The van der Waals surface area contributed by atoms with Gasteiger partial charge >= 0.3 is 0 Å². The maximum Gasteiger partial charge on any atom is 0.243 e. The second kappa shape index (κ2) is 10.0. The molecule has 0 aliphatic rings. The maximum atomic E-state index is 13.4. The second-order valence-electron chi connectivity index (χ2n) is 6.76. The minimum absolute atomic E-state index is 0.170. The summed E-state index contributed by atoms with van der Waals surface area (Å²) in [5, 5.41) is 7.31. The lowest BCUT2D eigenvalue weighted by Crippen LogP contribution is -2.18. The Morgan fingerprint density at radius 1 is 1.17 bits per heavy atom. The number of methoxy groups -OCH3 is 1. The third kappa shape index (κ3) is 5.54. The van der Waals surface area contributed by atoms with E-state index in [-0.39, 0.29) is 11.9 Å². The van der Waals surface area contributed by atoms with Crippen molar-refractivity contribution in [3.05, 3.63) is 59.7 Å². The summed E-state index contributed by atoms with van der Waals surface area (Å²) in [6.45, 7) is 5.31. The molecule has 0 radical (unpaired) electrons. The molecule has 0 fully saturated rings. The number of benzene rings is 2. The minimum Gasteiger partial charge on any atom is -0.493 e. The zero-order valence-electron chi connectivity index (χ0n) is 16.9. The highest BCUT2D eigenvalue weighted by molar-refractivity contribution is 5.53. The van der Waals surface area contributed by atoms with Crippen molar-refractivity contribution in [1.82, 2.24) is 15.5 Å². The lowest BCUT2D eigenvalue weighted by Gasteiger charge is -2.14. The van der Waals surface area contributed by atoms with E-state index < -0.39 is 0 Å². The summed E-state index contributed by atoms with van der Waals surface area (Å²) >= 11 is 0. The van der Waals surface area contributed by atoms with E-state index in [0.717, 1.165) is 29.9 Å². The highest BCUT2D eigenvalue weighted by atomic mass is 19.1. The summed E-state index contributed by atoms with van der Waals surface area (Å²) in [4.78, 5) is 4.38. The van der Waals surface area contributed by atoms with Gasteiger partial charge in [0.1, 0.15) is 5.82 Å². The molecule has 0 aliphatic heterocycles. The second-order valence-corrected chi connectivity index (χ2v) is 6.76. The average molecular weight is 399 g/mol. The Morgan fingerprint density at radius 2 is 2.03 bits per heavy atom. The van der Waals surface area contributed by atoms with E-state index in [1.165, 1.54) is 12.1 Å². The molecule has 1 N–H and O–H groups in total. The van der Waals surface area contributed by atoms with E-state index in [0.29, 0.717) is 30.4 Å². The van der Waals surface area contributed by atoms with Gasteiger partial charge in [-0.2, -0.15) is 4.98 Å². The number of nitrogens with zero attached hydrogens (tertiary/aromatic N) is 2. The Labute approximate surface area is 170 Å². The molecule has 0 spiro atoms. The molecule has 1 heterocycles. The SMILES string of the molecule is CCCCOc1cc(CNC(C)c2nc(-c3cccc(F)c3)no2)ccc1OC. The van der Waals surface area contributed by atoms with Gasteiger partial charge in [-0.15, -0.1) is 0 Å². The summed E-state index contributed by atoms with van der Waals surface area (Å²) in [6.07, 6.45) is 2.07. The van der Waals surface area contributed by atoms with Crippen LogP contribution in [0.3, 0.4) is 0 Å². The summed E-state index contributed by atoms with van der Waals surface area (Å²) in [6, 6.07) is 11.8. The van der Waals surface area contributed by atoms with Crippen molar-refractivity contribution in [2.24, 2.45) is 0 Å². The molecule has 3 rings (SSSR count). The summed E-state index contributed by atoms with van der Waals surface area (Å²) in [5.74, 6) is 1.92. The monoisotopic (exact) mass is 399 g/mol. The first-order valence-corrected chi connectivity index (χ1v) is 9.73. The fourth-order valence-corrected chi connectivity index (χ4v) is 2.78. The predicted molar refractivity (Wildman–Crippen MR) is 108 cm³/mol. The van der Waals surface area contributed by atoms with Crippen LogP contribution >= 0.6 is 0 Å². The quantitative estimate of drug-likeness (QED) is 0.488. The molecular weight excluding hydrogens is 373 g/mol. The van der Waals surface area contributed by atoms with Crippen molar-refractivity contribution in [2.45, 2.75) is 39.3 Å². The molecule has 0 saturated carbocycles. The maximum absolute atomic E-state index is 13.4. The van der Waals surface area contributed by atoms with Gasteiger partial charge in [-0.3, -0.25) is 0 Å². The van der Waals surface area contributed by atoms with Crippen LogP contribution < -0.4 is 14.8 Å². The number of aromatic nitrogens is 2. The van der Waals surface area contributed by atoms with Crippen LogP contribution in [-0.2, 0) is 6.54 Å². The van der Waals surface area contributed by atoms with Crippen LogP contribution in [0.2, 0.25) is 0 Å². The van der Waals surface area contributed by atoms with Crippen LogP contribution in [0.4, 0.5) is 4.39 Å². The van der Waals surface area contributed by atoms with Gasteiger partial charge in [0.25, 0.3) is 0 Å². The number of ether oxygens (including phenoxy) is 2. The normalized spacial score (nSPS) is 12.0. The van der Waals surface area contributed by atoms with E-state index in [1.54, 1.807) is 19.2 Å². The number of nitrogens with one attached hydrogen (secondary N) is 1. The number of unbranched alkanes of at least 4 members (excludes halogenated alkanes) is 1. The molecule has 3 aromatic rings. The number of hydrogen-bond donors (Lipinski definition) is 1. The Bertz CT molecular complexity index is 929. The van der Waals surface area contributed by atoms with Crippen molar-refractivity contribution >= 4 is 0 Å². The van der Waals surface area contributed by atoms with Crippen LogP contribution in [0.5, 0.6) is 11.5 Å². The van der Waals surface area contributed by atoms with Gasteiger partial charge in [0.05, 0.1) is 19.8 Å². The van der Waals surface area contributed by atoms with Crippen LogP contribution in [0.15, 0.2) is 47.0 Å². The third-order valence-electron chi connectivity index (χ3n) is 4.49. The summed E-state index contributed by atoms with van der Waals surface area (Å²) in [7, 11) is 1.63. The molecule has 0 saturated heterocycles. The minimum atomic E-state index is -0.337. The molecule has 0 aliphatic carbocycles. The number of rotatable bonds is 10. The van der Waals surface area contributed by atoms with Crippen LogP contribution in [-0.4, -0.2) is 23.9 Å². The molecule has 2 aromatic carbocycles. The smallest absolute Gasteiger partial charge is 0.243 e. The number of halogens is 1. The van der Waals surface area contributed by atoms with E-state index in [9.17, 15) is 4.39 Å². The highest BCUT2D eigenvalue weighted by Gasteiger charge is 2.16.